The second-order valence-corrected chi connectivity index (χ2v) is 7.19. The lowest BCUT2D eigenvalue weighted by Gasteiger charge is -2.34. The monoisotopic (exact) mass is 378 g/mol. The van der Waals surface area contributed by atoms with Crippen molar-refractivity contribution in [3.05, 3.63) is 23.8 Å². The first kappa shape index (κ1) is 21.3. The van der Waals surface area contributed by atoms with Crippen molar-refractivity contribution in [1.82, 2.24) is 15.5 Å². The summed E-state index contributed by atoms with van der Waals surface area (Å²) in [4.78, 5) is 7.04. The van der Waals surface area contributed by atoms with Crippen molar-refractivity contribution < 1.29 is 14.6 Å². The first-order chi connectivity index (χ1) is 13.0. The lowest BCUT2D eigenvalue weighted by molar-refractivity contribution is -0.0284. The van der Waals surface area contributed by atoms with Crippen LogP contribution in [0.4, 0.5) is 0 Å². The van der Waals surface area contributed by atoms with Crippen LogP contribution in [0, 0.1) is 5.92 Å². The molecule has 0 bridgehead atoms. The lowest BCUT2D eigenvalue weighted by Crippen LogP contribution is -2.50. The maximum absolute atomic E-state index is 10.2. The number of para-hydroxylation sites is 1. The van der Waals surface area contributed by atoms with E-state index in [-0.39, 0.29) is 11.9 Å². The van der Waals surface area contributed by atoms with Gasteiger partial charge in [-0.3, -0.25) is 4.90 Å². The van der Waals surface area contributed by atoms with Gasteiger partial charge in [-0.05, 0) is 18.9 Å². The molecule has 1 heterocycles. The number of phenolic OH excluding ortho intramolecular Hbond substituents is 1. The van der Waals surface area contributed by atoms with Crippen molar-refractivity contribution in [2.24, 2.45) is 10.9 Å². The van der Waals surface area contributed by atoms with Crippen LogP contribution in [0.5, 0.6) is 11.5 Å². The maximum atomic E-state index is 10.2. The largest absolute Gasteiger partial charge is 0.504 e. The Morgan fingerprint density at radius 2 is 2.22 bits per heavy atom. The number of morpholine rings is 1. The Hall–Kier alpha value is -1.99. The van der Waals surface area contributed by atoms with Crippen LogP contribution >= 0.6 is 0 Å². The molecule has 1 aliphatic heterocycles. The molecule has 152 valence electrons. The molecule has 0 aliphatic carbocycles. The first-order valence-electron chi connectivity index (χ1n) is 9.74. The maximum Gasteiger partial charge on any atom is 0.191 e. The fraction of sp³-hybridized carbons (Fsp3) is 0.650. The quantitative estimate of drug-likeness (QED) is 0.473. The molecule has 1 atom stereocenters. The highest BCUT2D eigenvalue weighted by Crippen LogP contribution is 2.29. The number of aliphatic imine (C=N–C) groups is 1. The number of methoxy groups -OCH3 is 1. The second kappa shape index (κ2) is 11.0. The van der Waals surface area contributed by atoms with Gasteiger partial charge in [-0.2, -0.15) is 0 Å². The molecule has 7 nitrogen and oxygen atoms in total. The minimum atomic E-state index is 0.138. The van der Waals surface area contributed by atoms with Crippen LogP contribution in [0.25, 0.3) is 0 Å². The van der Waals surface area contributed by atoms with E-state index in [1.165, 1.54) is 0 Å². The fourth-order valence-electron chi connectivity index (χ4n) is 3.16. The van der Waals surface area contributed by atoms with Gasteiger partial charge in [0, 0.05) is 38.3 Å². The molecule has 1 aliphatic rings. The fourth-order valence-corrected chi connectivity index (χ4v) is 3.16. The predicted molar refractivity (Wildman–Crippen MR) is 108 cm³/mol. The summed E-state index contributed by atoms with van der Waals surface area (Å²) in [5, 5.41) is 16.8. The van der Waals surface area contributed by atoms with Crippen LogP contribution in [0.15, 0.2) is 23.2 Å². The van der Waals surface area contributed by atoms with Crippen LogP contribution in [0.2, 0.25) is 0 Å². The van der Waals surface area contributed by atoms with E-state index in [1.807, 2.05) is 19.1 Å². The number of nitrogens with zero attached hydrogens (tertiary/aromatic N) is 2. The average Bonchev–Trinajstić information content (AvgIpc) is 2.65. The number of aromatic hydroxyl groups is 1. The Morgan fingerprint density at radius 1 is 1.41 bits per heavy atom. The summed E-state index contributed by atoms with van der Waals surface area (Å²) < 4.78 is 11.0. The van der Waals surface area contributed by atoms with Crippen LogP contribution < -0.4 is 15.4 Å². The number of hydrogen-bond donors (Lipinski definition) is 3. The van der Waals surface area contributed by atoms with Gasteiger partial charge in [-0.1, -0.05) is 26.0 Å². The lowest BCUT2D eigenvalue weighted by atomic mass is 10.2. The minimum Gasteiger partial charge on any atom is -0.504 e. The third kappa shape index (κ3) is 6.92. The van der Waals surface area contributed by atoms with Gasteiger partial charge in [0.2, 0.25) is 0 Å². The molecule has 7 heteroatoms. The van der Waals surface area contributed by atoms with E-state index in [2.05, 4.69) is 34.4 Å². The highest BCUT2D eigenvalue weighted by molar-refractivity contribution is 5.79. The SMILES string of the molecule is CCNC(=NCc1cccc(OC)c1O)NCC1CN(CC(C)C)CCO1. The molecule has 3 N–H and O–H groups in total. The van der Waals surface area contributed by atoms with Gasteiger partial charge in [0.1, 0.15) is 0 Å². The van der Waals surface area contributed by atoms with Gasteiger partial charge in [0.25, 0.3) is 0 Å². The van der Waals surface area contributed by atoms with Crippen LogP contribution in [0.3, 0.4) is 0 Å². The third-order valence-corrected chi connectivity index (χ3v) is 4.40. The summed E-state index contributed by atoms with van der Waals surface area (Å²) in [6.45, 7) is 12.1. The molecule has 1 aromatic rings. The van der Waals surface area contributed by atoms with Crippen molar-refractivity contribution >= 4 is 5.96 Å². The standard InChI is InChI=1S/C20H34N4O3/c1-5-21-20(22-11-16-7-6-8-18(26-4)19(16)25)23-12-17-14-24(9-10-27-17)13-15(2)3/h6-8,15,17,25H,5,9-14H2,1-4H3,(H2,21,22,23). The summed E-state index contributed by atoms with van der Waals surface area (Å²) in [5.41, 5.74) is 0.726. The molecule has 0 radical (unpaired) electrons. The van der Waals surface area contributed by atoms with Crippen molar-refractivity contribution in [2.75, 3.05) is 46.4 Å². The zero-order chi connectivity index (χ0) is 19.6. The van der Waals surface area contributed by atoms with Crippen LogP contribution in [-0.4, -0.2) is 68.5 Å². The summed E-state index contributed by atoms with van der Waals surface area (Å²) in [6, 6.07) is 5.43. The molecule has 1 unspecified atom stereocenters. The third-order valence-electron chi connectivity index (χ3n) is 4.40. The summed E-state index contributed by atoms with van der Waals surface area (Å²) in [5.74, 6) is 1.97. The number of phenols is 1. The number of rotatable bonds is 8. The van der Waals surface area contributed by atoms with Crippen molar-refractivity contribution in [3.63, 3.8) is 0 Å². The van der Waals surface area contributed by atoms with E-state index in [0.717, 1.165) is 38.3 Å². The molecule has 1 saturated heterocycles. The Kier molecular flexibility index (Phi) is 8.67. The second-order valence-electron chi connectivity index (χ2n) is 7.19. The van der Waals surface area contributed by atoms with Crippen molar-refractivity contribution in [3.8, 4) is 11.5 Å². The van der Waals surface area contributed by atoms with Gasteiger partial charge in [0.15, 0.2) is 17.5 Å². The van der Waals surface area contributed by atoms with E-state index < -0.39 is 0 Å². The zero-order valence-electron chi connectivity index (χ0n) is 17.0. The van der Waals surface area contributed by atoms with Gasteiger partial charge >= 0.3 is 0 Å². The molecule has 0 saturated carbocycles. The molecule has 0 spiro atoms. The molecule has 1 fully saturated rings. The predicted octanol–water partition coefficient (Wildman–Crippen LogP) is 1.81. The van der Waals surface area contributed by atoms with Gasteiger partial charge in [-0.15, -0.1) is 0 Å². The average molecular weight is 379 g/mol. The zero-order valence-corrected chi connectivity index (χ0v) is 17.0. The smallest absolute Gasteiger partial charge is 0.191 e. The van der Waals surface area contributed by atoms with Crippen LogP contribution in [0.1, 0.15) is 26.3 Å². The van der Waals surface area contributed by atoms with Gasteiger partial charge < -0.3 is 25.2 Å². The molecule has 2 rings (SSSR count). The number of hydrogen-bond acceptors (Lipinski definition) is 5. The highest BCUT2D eigenvalue weighted by atomic mass is 16.5. The Balaban J connectivity index is 1.92. The topological polar surface area (TPSA) is 78.4 Å². The number of nitrogens with one attached hydrogen (secondary N) is 2. The van der Waals surface area contributed by atoms with Crippen LogP contribution in [-0.2, 0) is 11.3 Å². The van der Waals surface area contributed by atoms with Crippen molar-refractivity contribution in [2.45, 2.75) is 33.4 Å². The van der Waals surface area contributed by atoms with E-state index >= 15 is 0 Å². The molecule has 27 heavy (non-hydrogen) atoms. The highest BCUT2D eigenvalue weighted by Gasteiger charge is 2.21. The van der Waals surface area contributed by atoms with E-state index in [1.54, 1.807) is 13.2 Å². The molecular weight excluding hydrogens is 344 g/mol. The molecular formula is C20H34N4O3. The Labute approximate surface area is 162 Å². The summed E-state index contributed by atoms with van der Waals surface area (Å²) >= 11 is 0. The minimum absolute atomic E-state index is 0.138. The molecule has 0 aromatic heterocycles. The molecule has 1 aromatic carbocycles. The normalized spacial score (nSPS) is 18.6. The summed E-state index contributed by atoms with van der Waals surface area (Å²) in [6.07, 6.45) is 0.145. The van der Waals surface area contributed by atoms with Gasteiger partial charge in [0.05, 0.1) is 26.4 Å². The number of guanidine groups is 1. The Bertz CT molecular complexity index is 607. The number of benzene rings is 1. The van der Waals surface area contributed by atoms with Gasteiger partial charge in [-0.25, -0.2) is 4.99 Å². The van der Waals surface area contributed by atoms with E-state index in [9.17, 15) is 5.11 Å². The van der Waals surface area contributed by atoms with E-state index in [4.69, 9.17) is 9.47 Å². The molecule has 0 amide bonds. The first-order valence-corrected chi connectivity index (χ1v) is 9.74. The number of ether oxygens (including phenoxy) is 2. The Morgan fingerprint density at radius 3 is 2.93 bits per heavy atom. The van der Waals surface area contributed by atoms with E-state index in [0.29, 0.717) is 30.7 Å². The summed E-state index contributed by atoms with van der Waals surface area (Å²) in [7, 11) is 1.54. The van der Waals surface area contributed by atoms with Crippen molar-refractivity contribution in [1.29, 1.82) is 0 Å².